The number of alkyl halides is 2. The Bertz CT molecular complexity index is 649. The van der Waals surface area contributed by atoms with Crippen molar-refractivity contribution in [3.8, 4) is 11.5 Å². The molecule has 2 rings (SSSR count). The van der Waals surface area contributed by atoms with Gasteiger partial charge >= 0.3 is 12.6 Å². The van der Waals surface area contributed by atoms with E-state index in [0.29, 0.717) is 5.56 Å². The van der Waals surface area contributed by atoms with Gasteiger partial charge in [-0.25, -0.2) is 9.78 Å². The van der Waals surface area contributed by atoms with E-state index in [1.807, 2.05) is 0 Å². The number of nitrogens with zero attached hydrogens (tertiary/aromatic N) is 1. The normalized spacial score (nSPS) is 10.4. The van der Waals surface area contributed by atoms with Crippen LogP contribution in [0.25, 0.3) is 0 Å². The smallest absolute Gasteiger partial charge is 0.387 e. The highest BCUT2D eigenvalue weighted by Gasteiger charge is 2.15. The van der Waals surface area contributed by atoms with E-state index in [9.17, 15) is 13.6 Å². The number of hydrogen-bond acceptors (Lipinski definition) is 5. The Morgan fingerprint density at radius 2 is 1.91 bits per heavy atom. The summed E-state index contributed by atoms with van der Waals surface area (Å²) in [7, 11) is 1.23. The van der Waals surface area contributed by atoms with Gasteiger partial charge in [-0.2, -0.15) is 8.78 Å². The molecule has 0 amide bonds. The number of halogens is 2. The highest BCUT2D eigenvalue weighted by atomic mass is 19.3. The molecule has 1 heterocycles. The molecule has 2 aromatic rings. The van der Waals surface area contributed by atoms with Gasteiger partial charge in [-0.3, -0.25) is 0 Å². The number of ether oxygens (including phenoxy) is 3. The van der Waals surface area contributed by atoms with Crippen LogP contribution in [0.4, 0.5) is 8.78 Å². The van der Waals surface area contributed by atoms with Crippen molar-refractivity contribution in [2.75, 3.05) is 7.11 Å². The van der Waals surface area contributed by atoms with Crippen LogP contribution < -0.4 is 9.47 Å². The molecule has 0 unspecified atom stereocenters. The Morgan fingerprint density at radius 3 is 2.64 bits per heavy atom. The quantitative estimate of drug-likeness (QED) is 0.768. The van der Waals surface area contributed by atoms with Crippen molar-refractivity contribution in [1.82, 2.24) is 4.98 Å². The molecule has 7 heteroatoms. The fraction of sp³-hybridized carbons (Fsp3) is 0.200. The van der Waals surface area contributed by atoms with Crippen LogP contribution in [-0.2, 0) is 11.3 Å². The average molecular weight is 309 g/mol. The second-order valence-electron chi connectivity index (χ2n) is 4.12. The zero-order chi connectivity index (χ0) is 15.9. The Hall–Kier alpha value is -2.70. The molecule has 0 N–H and O–H groups in total. The maximum Gasteiger partial charge on any atom is 0.387 e. The van der Waals surface area contributed by atoms with Gasteiger partial charge in [-0.15, -0.1) is 0 Å². The lowest BCUT2D eigenvalue weighted by Crippen LogP contribution is -2.09. The molecule has 116 valence electrons. The lowest BCUT2D eigenvalue weighted by molar-refractivity contribution is -0.0508. The van der Waals surface area contributed by atoms with E-state index in [2.05, 4.69) is 14.5 Å². The number of benzene rings is 1. The number of carbonyl (C=O) groups is 1. The second kappa shape index (κ2) is 7.35. The lowest BCUT2D eigenvalue weighted by Gasteiger charge is -2.12. The molecule has 5 nitrogen and oxygen atoms in total. The molecule has 0 fully saturated rings. The number of para-hydroxylation sites is 1. The summed E-state index contributed by atoms with van der Waals surface area (Å²) in [6.07, 6.45) is 1.42. The summed E-state index contributed by atoms with van der Waals surface area (Å²) in [6.45, 7) is -2.98. The van der Waals surface area contributed by atoms with Crippen LogP contribution in [0.2, 0.25) is 0 Å². The molecule has 1 aromatic carbocycles. The number of carbonyl (C=O) groups excluding carboxylic acids is 1. The van der Waals surface area contributed by atoms with Gasteiger partial charge < -0.3 is 14.2 Å². The van der Waals surface area contributed by atoms with Gasteiger partial charge in [0.25, 0.3) is 0 Å². The van der Waals surface area contributed by atoms with Crippen LogP contribution in [0.5, 0.6) is 11.5 Å². The summed E-state index contributed by atoms with van der Waals surface area (Å²) < 4.78 is 39.2. The largest absolute Gasteiger partial charge is 0.486 e. The van der Waals surface area contributed by atoms with E-state index in [1.54, 1.807) is 24.3 Å². The van der Waals surface area contributed by atoms with Gasteiger partial charge in [0.15, 0.2) is 11.4 Å². The third-order valence-corrected chi connectivity index (χ3v) is 2.72. The monoisotopic (exact) mass is 309 g/mol. The minimum Gasteiger partial charge on any atom is -0.486 e. The first-order chi connectivity index (χ1) is 10.6. The molecule has 0 atom stereocenters. The first-order valence-corrected chi connectivity index (χ1v) is 6.30. The van der Waals surface area contributed by atoms with Crippen LogP contribution in [0.15, 0.2) is 42.6 Å². The molecule has 0 radical (unpaired) electrons. The Kier molecular flexibility index (Phi) is 5.24. The first kappa shape index (κ1) is 15.7. The highest BCUT2D eigenvalue weighted by molar-refractivity contribution is 5.90. The van der Waals surface area contributed by atoms with E-state index >= 15 is 0 Å². The maximum absolute atomic E-state index is 12.3. The predicted octanol–water partition coefficient (Wildman–Crippen LogP) is 3.05. The average Bonchev–Trinajstić information content (AvgIpc) is 2.53. The number of aromatic nitrogens is 1. The van der Waals surface area contributed by atoms with Crippen LogP contribution >= 0.6 is 0 Å². The summed E-state index contributed by atoms with van der Waals surface area (Å²) in [4.78, 5) is 15.5. The van der Waals surface area contributed by atoms with Gasteiger partial charge in [-0.1, -0.05) is 18.2 Å². The van der Waals surface area contributed by atoms with Crippen molar-refractivity contribution in [3.63, 3.8) is 0 Å². The molecule has 1 aromatic heterocycles. The van der Waals surface area contributed by atoms with Crippen LogP contribution in [-0.4, -0.2) is 24.7 Å². The molecular formula is C15H13F2NO4. The molecule has 22 heavy (non-hydrogen) atoms. The summed E-state index contributed by atoms with van der Waals surface area (Å²) >= 11 is 0. The Morgan fingerprint density at radius 1 is 1.18 bits per heavy atom. The fourth-order valence-electron chi connectivity index (χ4n) is 1.75. The van der Waals surface area contributed by atoms with Crippen LogP contribution in [0.3, 0.4) is 0 Å². The van der Waals surface area contributed by atoms with E-state index in [-0.39, 0.29) is 23.8 Å². The highest BCUT2D eigenvalue weighted by Crippen LogP contribution is 2.23. The first-order valence-electron chi connectivity index (χ1n) is 6.30. The van der Waals surface area contributed by atoms with Gasteiger partial charge in [-0.05, 0) is 18.2 Å². The van der Waals surface area contributed by atoms with Crippen molar-refractivity contribution in [3.05, 3.63) is 53.9 Å². The molecule has 0 saturated carbocycles. The number of pyridine rings is 1. The number of methoxy groups -OCH3 is 1. The topological polar surface area (TPSA) is 57.7 Å². The SMILES string of the molecule is COC(=O)c1ncccc1OCc1ccccc1OC(F)F. The minimum absolute atomic E-state index is 0.0114. The lowest BCUT2D eigenvalue weighted by atomic mass is 10.2. The molecular weight excluding hydrogens is 296 g/mol. The summed E-state index contributed by atoms with van der Waals surface area (Å²) in [6, 6.07) is 9.37. The van der Waals surface area contributed by atoms with E-state index < -0.39 is 12.6 Å². The summed E-state index contributed by atoms with van der Waals surface area (Å²) in [5, 5.41) is 0. The van der Waals surface area contributed by atoms with Gasteiger partial charge in [0, 0.05) is 11.8 Å². The third-order valence-electron chi connectivity index (χ3n) is 2.72. The van der Waals surface area contributed by atoms with E-state index in [0.717, 1.165) is 0 Å². The zero-order valence-corrected chi connectivity index (χ0v) is 11.7. The van der Waals surface area contributed by atoms with Crippen molar-refractivity contribution in [1.29, 1.82) is 0 Å². The van der Waals surface area contributed by atoms with Crippen molar-refractivity contribution in [2.45, 2.75) is 13.2 Å². The maximum atomic E-state index is 12.3. The van der Waals surface area contributed by atoms with E-state index in [4.69, 9.17) is 4.74 Å². The molecule has 0 aliphatic rings. The second-order valence-corrected chi connectivity index (χ2v) is 4.12. The molecule has 0 aliphatic carbocycles. The Labute approximate surface area is 125 Å². The van der Waals surface area contributed by atoms with Crippen LogP contribution in [0.1, 0.15) is 16.1 Å². The number of esters is 1. The van der Waals surface area contributed by atoms with Gasteiger partial charge in [0.05, 0.1) is 7.11 Å². The summed E-state index contributed by atoms with van der Waals surface area (Å²) in [5.74, 6) is -0.435. The Balaban J connectivity index is 2.16. The summed E-state index contributed by atoms with van der Waals surface area (Å²) in [5.41, 5.74) is 0.430. The van der Waals surface area contributed by atoms with Crippen LogP contribution in [0, 0.1) is 0 Å². The van der Waals surface area contributed by atoms with Gasteiger partial charge in [0.1, 0.15) is 12.4 Å². The number of rotatable bonds is 6. The van der Waals surface area contributed by atoms with Crippen molar-refractivity contribution in [2.24, 2.45) is 0 Å². The fourth-order valence-corrected chi connectivity index (χ4v) is 1.75. The van der Waals surface area contributed by atoms with Gasteiger partial charge in [0.2, 0.25) is 0 Å². The van der Waals surface area contributed by atoms with E-state index in [1.165, 1.54) is 25.4 Å². The zero-order valence-electron chi connectivity index (χ0n) is 11.7. The minimum atomic E-state index is -2.93. The molecule has 0 saturated heterocycles. The molecule has 0 aliphatic heterocycles. The van der Waals surface area contributed by atoms with Crippen molar-refractivity contribution < 1.29 is 27.8 Å². The molecule has 0 spiro atoms. The third kappa shape index (κ3) is 3.91. The van der Waals surface area contributed by atoms with Crippen molar-refractivity contribution >= 4 is 5.97 Å². The predicted molar refractivity (Wildman–Crippen MR) is 73.0 cm³/mol. The molecule has 0 bridgehead atoms. The number of hydrogen-bond donors (Lipinski definition) is 0. The standard InChI is InChI=1S/C15H13F2NO4/c1-20-14(19)13-12(7-4-8-18-13)21-9-10-5-2-3-6-11(10)22-15(16)17/h2-8,15H,9H2,1H3.